The van der Waals surface area contributed by atoms with Crippen molar-refractivity contribution in [2.45, 2.75) is 57.5 Å². The SMILES string of the molecule is C[C@@H]1Cc2cc(O[C@H]3CCOC3)ccc2[C@@H](c2c(F)cc(/C=C/C(=O)O)cc2F)N1CC(C)(C)F. The predicted octanol–water partition coefficient (Wildman–Crippen LogP) is 5.31. The summed E-state index contributed by atoms with van der Waals surface area (Å²) in [6.45, 7) is 5.96. The van der Waals surface area contributed by atoms with Gasteiger partial charge in [-0.3, -0.25) is 4.90 Å². The van der Waals surface area contributed by atoms with Crippen LogP contribution >= 0.6 is 0 Å². The number of rotatable bonds is 7. The van der Waals surface area contributed by atoms with E-state index in [0.29, 0.717) is 30.9 Å². The van der Waals surface area contributed by atoms with Gasteiger partial charge in [0, 0.05) is 30.6 Å². The molecule has 0 saturated carbocycles. The zero-order valence-corrected chi connectivity index (χ0v) is 20.1. The maximum absolute atomic E-state index is 15.4. The third-order valence-corrected chi connectivity index (χ3v) is 6.36. The van der Waals surface area contributed by atoms with Crippen LogP contribution in [0.2, 0.25) is 0 Å². The highest BCUT2D eigenvalue weighted by atomic mass is 19.1. The molecule has 5 nitrogen and oxygen atoms in total. The second kappa shape index (κ2) is 10.0. The van der Waals surface area contributed by atoms with Crippen molar-refractivity contribution >= 4 is 12.0 Å². The molecule has 0 aliphatic carbocycles. The number of hydrogen-bond acceptors (Lipinski definition) is 4. The first-order chi connectivity index (χ1) is 16.5. The van der Waals surface area contributed by atoms with Crippen molar-refractivity contribution in [3.63, 3.8) is 0 Å². The Hall–Kier alpha value is -2.84. The molecule has 2 heterocycles. The summed E-state index contributed by atoms with van der Waals surface area (Å²) in [5.74, 6) is -2.18. The minimum absolute atomic E-state index is 0.0184. The molecule has 0 bridgehead atoms. The van der Waals surface area contributed by atoms with Crippen LogP contribution in [0.4, 0.5) is 13.2 Å². The predicted molar refractivity (Wildman–Crippen MR) is 126 cm³/mol. The Morgan fingerprint density at radius 1 is 1.26 bits per heavy atom. The van der Waals surface area contributed by atoms with Crippen LogP contribution in [0.3, 0.4) is 0 Å². The summed E-state index contributed by atoms with van der Waals surface area (Å²) in [7, 11) is 0. The Kier molecular flexibility index (Phi) is 7.24. The maximum atomic E-state index is 15.4. The molecule has 0 aromatic heterocycles. The van der Waals surface area contributed by atoms with E-state index in [1.807, 2.05) is 13.0 Å². The molecule has 188 valence electrons. The first-order valence-electron chi connectivity index (χ1n) is 11.7. The fourth-order valence-corrected chi connectivity index (χ4v) is 4.90. The summed E-state index contributed by atoms with van der Waals surface area (Å²) >= 11 is 0. The third-order valence-electron chi connectivity index (χ3n) is 6.36. The lowest BCUT2D eigenvalue weighted by atomic mass is 9.83. The Labute approximate surface area is 203 Å². The van der Waals surface area contributed by atoms with Gasteiger partial charge in [0.25, 0.3) is 0 Å². The van der Waals surface area contributed by atoms with Crippen LogP contribution in [0.25, 0.3) is 6.08 Å². The molecule has 1 fully saturated rings. The van der Waals surface area contributed by atoms with Gasteiger partial charge in [-0.2, -0.15) is 0 Å². The first kappa shape index (κ1) is 25.3. The molecular formula is C27H30F3NO4. The molecule has 0 spiro atoms. The van der Waals surface area contributed by atoms with Gasteiger partial charge in [-0.1, -0.05) is 6.07 Å². The molecule has 1 saturated heterocycles. The fourth-order valence-electron chi connectivity index (χ4n) is 4.90. The van der Waals surface area contributed by atoms with Crippen molar-refractivity contribution in [3.05, 3.63) is 70.3 Å². The Bertz CT molecular complexity index is 1100. The van der Waals surface area contributed by atoms with Gasteiger partial charge in [0.15, 0.2) is 0 Å². The first-order valence-corrected chi connectivity index (χ1v) is 11.7. The molecule has 0 radical (unpaired) electrons. The molecule has 4 rings (SSSR count). The molecule has 0 unspecified atom stereocenters. The number of carboxylic acid groups (broad SMARTS) is 1. The van der Waals surface area contributed by atoms with Gasteiger partial charge in [0.05, 0.1) is 19.3 Å². The molecule has 1 N–H and O–H groups in total. The lowest BCUT2D eigenvalue weighted by Gasteiger charge is -2.44. The fraction of sp³-hybridized carbons (Fsp3) is 0.444. The summed E-state index contributed by atoms with van der Waals surface area (Å²) in [6.07, 6.45) is 3.29. The number of alkyl halides is 1. The van der Waals surface area contributed by atoms with Crippen molar-refractivity contribution in [2.24, 2.45) is 0 Å². The quantitative estimate of drug-likeness (QED) is 0.534. The van der Waals surface area contributed by atoms with Crippen LogP contribution in [-0.2, 0) is 16.0 Å². The minimum atomic E-state index is -1.59. The van der Waals surface area contributed by atoms with Gasteiger partial charge in [-0.05, 0) is 74.2 Å². The second-order valence-corrected chi connectivity index (χ2v) is 9.88. The number of aliphatic carboxylic acids is 1. The van der Waals surface area contributed by atoms with Gasteiger partial charge < -0.3 is 14.6 Å². The summed E-state index contributed by atoms with van der Waals surface area (Å²) in [4.78, 5) is 12.6. The van der Waals surface area contributed by atoms with Gasteiger partial charge in [-0.15, -0.1) is 0 Å². The van der Waals surface area contributed by atoms with E-state index in [1.165, 1.54) is 13.8 Å². The van der Waals surface area contributed by atoms with E-state index >= 15 is 8.78 Å². The molecule has 35 heavy (non-hydrogen) atoms. The van der Waals surface area contributed by atoms with Crippen LogP contribution in [-0.4, -0.2) is 53.5 Å². The highest BCUT2D eigenvalue weighted by Gasteiger charge is 2.39. The van der Waals surface area contributed by atoms with Crippen molar-refractivity contribution in [2.75, 3.05) is 19.8 Å². The number of hydrogen-bond donors (Lipinski definition) is 1. The summed E-state index contributed by atoms with van der Waals surface area (Å²) in [5.41, 5.74) is -0.107. The maximum Gasteiger partial charge on any atom is 0.328 e. The molecule has 8 heteroatoms. The van der Waals surface area contributed by atoms with Crippen molar-refractivity contribution < 1.29 is 32.5 Å². The highest BCUT2D eigenvalue weighted by molar-refractivity contribution is 5.85. The zero-order valence-electron chi connectivity index (χ0n) is 20.1. The number of nitrogens with zero attached hydrogens (tertiary/aromatic N) is 1. The molecule has 2 aromatic carbocycles. The van der Waals surface area contributed by atoms with E-state index < -0.39 is 29.3 Å². The number of ether oxygens (including phenoxy) is 2. The Balaban J connectivity index is 1.78. The summed E-state index contributed by atoms with van der Waals surface area (Å²) in [6, 6.07) is 6.63. The van der Waals surface area contributed by atoms with Gasteiger partial charge in [-0.25, -0.2) is 18.0 Å². The summed E-state index contributed by atoms with van der Waals surface area (Å²) in [5, 5.41) is 8.83. The van der Waals surface area contributed by atoms with Gasteiger partial charge in [0.2, 0.25) is 0 Å². The Morgan fingerprint density at radius 2 is 1.97 bits per heavy atom. The Morgan fingerprint density at radius 3 is 2.57 bits per heavy atom. The van der Waals surface area contributed by atoms with E-state index in [1.54, 1.807) is 17.0 Å². The number of halogens is 3. The van der Waals surface area contributed by atoms with E-state index in [4.69, 9.17) is 14.6 Å². The summed E-state index contributed by atoms with van der Waals surface area (Å²) < 4.78 is 57.1. The lowest BCUT2D eigenvalue weighted by Crippen LogP contribution is -2.48. The zero-order chi connectivity index (χ0) is 25.3. The van der Waals surface area contributed by atoms with Crippen LogP contribution in [0, 0.1) is 11.6 Å². The number of carbonyl (C=O) groups is 1. The normalized spacial score (nSPS) is 23.0. The van der Waals surface area contributed by atoms with Crippen LogP contribution in [0.5, 0.6) is 5.75 Å². The molecule has 0 amide bonds. The average Bonchev–Trinajstić information content (AvgIpc) is 3.26. The molecular weight excluding hydrogens is 459 g/mol. The number of fused-ring (bicyclic) bond motifs is 1. The topological polar surface area (TPSA) is 59.0 Å². The highest BCUT2D eigenvalue weighted by Crippen LogP contribution is 2.42. The molecule has 2 aliphatic rings. The number of carboxylic acids is 1. The van der Waals surface area contributed by atoms with E-state index in [9.17, 15) is 9.18 Å². The lowest BCUT2D eigenvalue weighted by molar-refractivity contribution is -0.131. The third kappa shape index (κ3) is 5.87. The number of benzene rings is 2. The molecule has 3 atom stereocenters. The van der Waals surface area contributed by atoms with E-state index in [-0.39, 0.29) is 29.8 Å². The largest absolute Gasteiger partial charge is 0.488 e. The van der Waals surface area contributed by atoms with Crippen molar-refractivity contribution in [3.8, 4) is 5.75 Å². The van der Waals surface area contributed by atoms with Crippen molar-refractivity contribution in [1.82, 2.24) is 4.90 Å². The molecule has 2 aromatic rings. The van der Waals surface area contributed by atoms with Gasteiger partial charge in [0.1, 0.15) is 29.2 Å². The average molecular weight is 490 g/mol. The molecule has 2 aliphatic heterocycles. The second-order valence-electron chi connectivity index (χ2n) is 9.88. The van der Waals surface area contributed by atoms with Crippen LogP contribution in [0.15, 0.2) is 36.4 Å². The minimum Gasteiger partial charge on any atom is -0.488 e. The smallest absolute Gasteiger partial charge is 0.328 e. The van der Waals surface area contributed by atoms with E-state index in [2.05, 4.69) is 0 Å². The van der Waals surface area contributed by atoms with Crippen molar-refractivity contribution in [1.29, 1.82) is 0 Å². The van der Waals surface area contributed by atoms with E-state index in [0.717, 1.165) is 36.3 Å². The standard InChI is InChI=1S/C27H30F3NO4/c1-16-10-18-13-19(35-20-8-9-34-14-20)5-6-21(18)26(31(16)15-27(2,3)30)25-22(28)11-17(12-23(25)29)4-7-24(32)33/h4-7,11-13,16,20,26H,8-10,14-15H2,1-3H3,(H,32,33)/b7-4+/t16-,20+,26+/m1/s1. The van der Waals surface area contributed by atoms with Crippen LogP contribution < -0.4 is 4.74 Å². The monoisotopic (exact) mass is 489 g/mol. The van der Waals surface area contributed by atoms with Gasteiger partial charge >= 0.3 is 5.97 Å². The van der Waals surface area contributed by atoms with Crippen LogP contribution in [0.1, 0.15) is 55.5 Å².